The first-order valence-electron chi connectivity index (χ1n) is 8.31. The third-order valence-corrected chi connectivity index (χ3v) is 4.57. The van der Waals surface area contributed by atoms with E-state index in [2.05, 4.69) is 69.8 Å². The van der Waals surface area contributed by atoms with Gasteiger partial charge < -0.3 is 10.2 Å². The van der Waals surface area contributed by atoms with Crippen molar-refractivity contribution in [1.82, 2.24) is 14.4 Å². The molecule has 0 aliphatic rings. The molecule has 1 N–H and O–H groups in total. The Hall–Kier alpha value is -3.08. The van der Waals surface area contributed by atoms with Crippen LogP contribution in [0.5, 0.6) is 0 Å². The smallest absolute Gasteiger partial charge is 0.157 e. The maximum atomic E-state index is 4.86. The Morgan fingerprint density at radius 3 is 2.48 bits per heavy atom. The molecule has 2 aromatic heterocycles. The molecular weight excluding hydrogens is 310 g/mol. The Balaban J connectivity index is 1.92. The topological polar surface area (TPSA) is 45.5 Å². The number of aryl methyl sites for hydroxylation is 2. The van der Waals surface area contributed by atoms with E-state index in [-0.39, 0.29) is 0 Å². The Bertz CT molecular complexity index is 1060. The number of nitrogens with zero attached hydrogens (tertiary/aromatic N) is 4. The van der Waals surface area contributed by atoms with Gasteiger partial charge in [-0.1, -0.05) is 18.2 Å². The molecule has 0 fully saturated rings. The fourth-order valence-corrected chi connectivity index (χ4v) is 3.14. The van der Waals surface area contributed by atoms with Gasteiger partial charge in [0.15, 0.2) is 5.82 Å². The zero-order valence-electron chi connectivity index (χ0n) is 14.9. The number of rotatable bonds is 3. The maximum Gasteiger partial charge on any atom is 0.157 e. The van der Waals surface area contributed by atoms with E-state index in [1.54, 1.807) is 0 Å². The first-order valence-corrected chi connectivity index (χ1v) is 8.31. The summed E-state index contributed by atoms with van der Waals surface area (Å²) in [5, 5.41) is 3.52. The molecule has 0 radical (unpaired) electrons. The summed E-state index contributed by atoms with van der Waals surface area (Å²) in [7, 11) is 4.08. The summed E-state index contributed by atoms with van der Waals surface area (Å²) in [6.45, 7) is 4.21. The van der Waals surface area contributed by atoms with Crippen LogP contribution in [0.3, 0.4) is 0 Å². The second-order valence-electron chi connectivity index (χ2n) is 6.57. The van der Waals surface area contributed by atoms with Gasteiger partial charge in [-0.3, -0.25) is 4.40 Å². The lowest BCUT2D eigenvalue weighted by Gasteiger charge is -2.16. The Kier molecular flexibility index (Phi) is 3.57. The number of nitrogens with one attached hydrogen (secondary N) is 1. The van der Waals surface area contributed by atoms with E-state index in [1.165, 1.54) is 11.1 Å². The van der Waals surface area contributed by atoms with Crippen LogP contribution in [0.1, 0.15) is 11.1 Å². The molecule has 4 rings (SSSR count). The van der Waals surface area contributed by atoms with Gasteiger partial charge in [0.2, 0.25) is 0 Å². The molecular formula is C20H21N5. The van der Waals surface area contributed by atoms with Gasteiger partial charge in [-0.2, -0.15) is 0 Å². The van der Waals surface area contributed by atoms with Crippen molar-refractivity contribution in [2.45, 2.75) is 13.8 Å². The molecule has 25 heavy (non-hydrogen) atoms. The molecule has 126 valence electrons. The molecule has 0 aliphatic heterocycles. The highest BCUT2D eigenvalue weighted by Crippen LogP contribution is 2.29. The van der Waals surface area contributed by atoms with Gasteiger partial charge in [0.1, 0.15) is 5.52 Å². The van der Waals surface area contributed by atoms with Crippen LogP contribution in [0, 0.1) is 13.8 Å². The molecule has 0 atom stereocenters. The van der Waals surface area contributed by atoms with Crippen molar-refractivity contribution >= 4 is 33.7 Å². The highest BCUT2D eigenvalue weighted by atomic mass is 15.1. The van der Waals surface area contributed by atoms with E-state index in [4.69, 9.17) is 4.98 Å². The zero-order chi connectivity index (χ0) is 17.6. The first-order chi connectivity index (χ1) is 12.0. The highest BCUT2D eigenvalue weighted by molar-refractivity contribution is 5.88. The SMILES string of the molecule is Cc1cccc(C)c1Nc1nc2ccc(N(C)C)cc2n2cncc12. The van der Waals surface area contributed by atoms with Crippen molar-refractivity contribution in [2.24, 2.45) is 0 Å². The molecule has 5 heteroatoms. The lowest BCUT2D eigenvalue weighted by atomic mass is 10.1. The van der Waals surface area contributed by atoms with E-state index in [1.807, 2.05) is 26.6 Å². The second-order valence-corrected chi connectivity index (χ2v) is 6.57. The van der Waals surface area contributed by atoms with E-state index in [0.29, 0.717) is 0 Å². The molecule has 0 bridgehead atoms. The van der Waals surface area contributed by atoms with Gasteiger partial charge in [-0.25, -0.2) is 9.97 Å². The van der Waals surface area contributed by atoms with Crippen LogP contribution >= 0.6 is 0 Å². The summed E-state index contributed by atoms with van der Waals surface area (Å²) in [5.41, 5.74) is 7.58. The van der Waals surface area contributed by atoms with Crippen LogP contribution in [0.15, 0.2) is 48.9 Å². The van der Waals surface area contributed by atoms with E-state index in [9.17, 15) is 0 Å². The summed E-state index contributed by atoms with van der Waals surface area (Å²) in [6, 6.07) is 12.6. The molecule has 0 saturated heterocycles. The third-order valence-electron chi connectivity index (χ3n) is 4.57. The molecule has 0 aliphatic carbocycles. The number of aromatic nitrogens is 3. The van der Waals surface area contributed by atoms with Gasteiger partial charge in [0, 0.05) is 25.5 Å². The van der Waals surface area contributed by atoms with Crippen molar-refractivity contribution in [3.05, 3.63) is 60.0 Å². The minimum atomic E-state index is 0.819. The van der Waals surface area contributed by atoms with Crippen LogP contribution in [0.25, 0.3) is 16.6 Å². The molecule has 0 amide bonds. The average molecular weight is 331 g/mol. The van der Waals surface area contributed by atoms with E-state index < -0.39 is 0 Å². The van der Waals surface area contributed by atoms with Crippen LogP contribution in [-0.2, 0) is 0 Å². The van der Waals surface area contributed by atoms with Crippen LogP contribution < -0.4 is 10.2 Å². The van der Waals surface area contributed by atoms with E-state index >= 15 is 0 Å². The van der Waals surface area contributed by atoms with Crippen LogP contribution in [0.2, 0.25) is 0 Å². The molecule has 0 saturated carbocycles. The number of benzene rings is 2. The largest absolute Gasteiger partial charge is 0.378 e. The van der Waals surface area contributed by atoms with E-state index in [0.717, 1.165) is 33.7 Å². The minimum Gasteiger partial charge on any atom is -0.378 e. The Morgan fingerprint density at radius 1 is 1.00 bits per heavy atom. The number of hydrogen-bond donors (Lipinski definition) is 1. The number of fused-ring (bicyclic) bond motifs is 3. The third kappa shape index (κ3) is 2.58. The summed E-state index contributed by atoms with van der Waals surface area (Å²) in [6.07, 6.45) is 3.69. The van der Waals surface area contributed by atoms with Gasteiger partial charge in [0.05, 0.1) is 23.6 Å². The Morgan fingerprint density at radius 2 is 1.76 bits per heavy atom. The van der Waals surface area contributed by atoms with Gasteiger partial charge >= 0.3 is 0 Å². The van der Waals surface area contributed by atoms with Crippen molar-refractivity contribution in [3.8, 4) is 0 Å². The summed E-state index contributed by atoms with van der Waals surface area (Å²) in [5.74, 6) is 0.819. The fraction of sp³-hybridized carbons (Fsp3) is 0.200. The number of para-hydroxylation sites is 1. The molecule has 2 aromatic carbocycles. The lowest BCUT2D eigenvalue weighted by molar-refractivity contribution is 1.12. The minimum absolute atomic E-state index is 0.819. The predicted molar refractivity (Wildman–Crippen MR) is 104 cm³/mol. The molecule has 4 aromatic rings. The van der Waals surface area contributed by atoms with Crippen molar-refractivity contribution in [2.75, 3.05) is 24.3 Å². The normalized spacial score (nSPS) is 11.2. The average Bonchev–Trinajstić information content (AvgIpc) is 3.08. The van der Waals surface area contributed by atoms with Gasteiger partial charge in [-0.15, -0.1) is 0 Å². The summed E-state index contributed by atoms with van der Waals surface area (Å²) < 4.78 is 2.09. The summed E-state index contributed by atoms with van der Waals surface area (Å²) >= 11 is 0. The molecule has 0 spiro atoms. The monoisotopic (exact) mass is 331 g/mol. The molecule has 5 nitrogen and oxygen atoms in total. The first kappa shape index (κ1) is 15.4. The standard InChI is InChI=1S/C20H21N5/c1-13-6-5-7-14(2)19(13)23-20-18-11-21-12-25(18)17-10-15(24(3)4)8-9-16(17)22-20/h5-12H,1-4H3,(H,22,23). The fourth-order valence-electron chi connectivity index (χ4n) is 3.14. The van der Waals surface area contributed by atoms with Crippen LogP contribution in [-0.4, -0.2) is 28.5 Å². The van der Waals surface area contributed by atoms with Crippen molar-refractivity contribution in [1.29, 1.82) is 0 Å². The van der Waals surface area contributed by atoms with Gasteiger partial charge in [-0.05, 0) is 43.2 Å². The van der Waals surface area contributed by atoms with Crippen molar-refractivity contribution in [3.63, 3.8) is 0 Å². The molecule has 0 unspecified atom stereocenters. The Labute approximate surface area is 146 Å². The summed E-state index contributed by atoms with van der Waals surface area (Å²) in [4.78, 5) is 11.3. The maximum absolute atomic E-state index is 4.86. The second kappa shape index (κ2) is 5.77. The number of imidazole rings is 1. The lowest BCUT2D eigenvalue weighted by Crippen LogP contribution is -2.09. The van der Waals surface area contributed by atoms with Gasteiger partial charge in [0.25, 0.3) is 0 Å². The molecule has 2 heterocycles. The predicted octanol–water partition coefficient (Wildman–Crippen LogP) is 4.31. The highest BCUT2D eigenvalue weighted by Gasteiger charge is 2.12. The zero-order valence-corrected chi connectivity index (χ0v) is 14.9. The van der Waals surface area contributed by atoms with Crippen LogP contribution in [0.4, 0.5) is 17.2 Å². The van der Waals surface area contributed by atoms with Crippen molar-refractivity contribution < 1.29 is 0 Å². The number of hydrogen-bond acceptors (Lipinski definition) is 4. The number of anilines is 3. The quantitative estimate of drug-likeness (QED) is 0.608.